The van der Waals surface area contributed by atoms with Crippen LogP contribution >= 0.6 is 11.8 Å². The number of aryl methyl sites for hydroxylation is 1. The van der Waals surface area contributed by atoms with Gasteiger partial charge in [0.05, 0.1) is 6.26 Å². The minimum atomic E-state index is -0.508. The lowest BCUT2D eigenvalue weighted by molar-refractivity contribution is 0.101. The van der Waals surface area contributed by atoms with E-state index in [0.717, 1.165) is 0 Å². The van der Waals surface area contributed by atoms with E-state index in [2.05, 4.69) is 20.3 Å². The zero-order valence-corrected chi connectivity index (χ0v) is 12.1. The minimum Gasteiger partial charge on any atom is -0.461 e. The van der Waals surface area contributed by atoms with Crippen molar-refractivity contribution in [3.63, 3.8) is 0 Å². The average molecular weight is 301 g/mol. The van der Waals surface area contributed by atoms with E-state index in [1.54, 1.807) is 13.0 Å². The lowest BCUT2D eigenvalue weighted by atomic mass is 10.1. The summed E-state index contributed by atoms with van der Waals surface area (Å²) in [4.78, 5) is 24.3. The Morgan fingerprint density at radius 3 is 2.90 bits per heavy atom. The number of rotatable bonds is 5. The molecule has 8 heteroatoms. The van der Waals surface area contributed by atoms with Crippen LogP contribution in [0.25, 0.3) is 0 Å². The first-order chi connectivity index (χ1) is 10.1. The van der Waals surface area contributed by atoms with Crippen LogP contribution in [0.15, 0.2) is 39.7 Å². The van der Waals surface area contributed by atoms with Crippen molar-refractivity contribution in [2.75, 3.05) is 11.6 Å². The van der Waals surface area contributed by atoms with Gasteiger partial charge in [-0.05, 0) is 25.3 Å². The van der Waals surface area contributed by atoms with Crippen LogP contribution < -0.4 is 5.32 Å². The Morgan fingerprint density at radius 2 is 2.29 bits per heavy atom. The number of nitriles is 1. The first-order valence-electron chi connectivity index (χ1n) is 5.85. The number of anilines is 1. The second-order valence-corrected chi connectivity index (χ2v) is 4.59. The SMILES string of the molecule is CSc1nc(C)nc(NC=C(C#N)C(=O)c2ccco2)n1. The van der Waals surface area contributed by atoms with E-state index in [1.165, 1.54) is 30.3 Å². The molecule has 0 saturated heterocycles. The lowest BCUT2D eigenvalue weighted by Crippen LogP contribution is -2.06. The summed E-state index contributed by atoms with van der Waals surface area (Å²) < 4.78 is 4.97. The number of nitrogens with one attached hydrogen (secondary N) is 1. The molecule has 0 spiro atoms. The molecule has 2 rings (SSSR count). The highest BCUT2D eigenvalue weighted by atomic mass is 32.2. The van der Waals surface area contributed by atoms with Crippen molar-refractivity contribution in [3.8, 4) is 6.07 Å². The van der Waals surface area contributed by atoms with Crippen LogP contribution in [0.3, 0.4) is 0 Å². The van der Waals surface area contributed by atoms with Gasteiger partial charge in [0.15, 0.2) is 10.9 Å². The van der Waals surface area contributed by atoms with Gasteiger partial charge in [-0.15, -0.1) is 0 Å². The minimum absolute atomic E-state index is 0.0984. The summed E-state index contributed by atoms with van der Waals surface area (Å²) >= 11 is 1.37. The Balaban J connectivity index is 2.20. The topological polar surface area (TPSA) is 105 Å². The van der Waals surface area contributed by atoms with Crippen molar-refractivity contribution in [1.82, 2.24) is 15.0 Å². The number of allylic oxidation sites excluding steroid dienone is 1. The molecule has 0 aliphatic heterocycles. The Morgan fingerprint density at radius 1 is 1.48 bits per heavy atom. The molecule has 0 bridgehead atoms. The predicted molar refractivity (Wildman–Crippen MR) is 76.7 cm³/mol. The van der Waals surface area contributed by atoms with Gasteiger partial charge in [-0.2, -0.15) is 15.2 Å². The molecule has 0 unspecified atom stereocenters. The third kappa shape index (κ3) is 3.67. The highest BCUT2D eigenvalue weighted by Crippen LogP contribution is 2.12. The number of furan rings is 1. The number of carbonyl (C=O) groups excluding carboxylic acids is 1. The second kappa shape index (κ2) is 6.67. The van der Waals surface area contributed by atoms with Gasteiger partial charge in [-0.1, -0.05) is 11.8 Å². The molecule has 2 aromatic heterocycles. The number of thioether (sulfide) groups is 1. The first kappa shape index (κ1) is 14.7. The number of hydrogen-bond donors (Lipinski definition) is 1. The van der Waals surface area contributed by atoms with Crippen molar-refractivity contribution in [2.45, 2.75) is 12.1 Å². The highest BCUT2D eigenvalue weighted by Gasteiger charge is 2.14. The van der Waals surface area contributed by atoms with Gasteiger partial charge in [-0.3, -0.25) is 4.79 Å². The van der Waals surface area contributed by atoms with E-state index >= 15 is 0 Å². The number of ketones is 1. The quantitative estimate of drug-likeness (QED) is 0.388. The van der Waals surface area contributed by atoms with Crippen LogP contribution in [-0.2, 0) is 0 Å². The molecule has 21 heavy (non-hydrogen) atoms. The Bertz CT molecular complexity index is 719. The largest absolute Gasteiger partial charge is 0.461 e. The third-order valence-electron chi connectivity index (χ3n) is 2.36. The molecule has 0 fully saturated rings. The number of aromatic nitrogens is 3. The van der Waals surface area contributed by atoms with Gasteiger partial charge in [0.1, 0.15) is 17.5 Å². The summed E-state index contributed by atoms with van der Waals surface area (Å²) in [6.07, 6.45) is 4.47. The van der Waals surface area contributed by atoms with E-state index in [-0.39, 0.29) is 17.3 Å². The Kier molecular flexibility index (Phi) is 4.68. The fourth-order valence-electron chi connectivity index (χ4n) is 1.44. The van der Waals surface area contributed by atoms with Gasteiger partial charge < -0.3 is 9.73 Å². The number of Topliss-reactive ketones (excluding diaryl/α,β-unsaturated/α-hetero) is 1. The normalized spacial score (nSPS) is 11.0. The summed E-state index contributed by atoms with van der Waals surface area (Å²) in [6, 6.07) is 4.89. The van der Waals surface area contributed by atoms with E-state index in [4.69, 9.17) is 9.68 Å². The van der Waals surface area contributed by atoms with Gasteiger partial charge in [-0.25, -0.2) is 4.98 Å². The van der Waals surface area contributed by atoms with Crippen LogP contribution in [0.2, 0.25) is 0 Å². The van der Waals surface area contributed by atoms with E-state index < -0.39 is 5.78 Å². The van der Waals surface area contributed by atoms with Crippen molar-refractivity contribution < 1.29 is 9.21 Å². The van der Waals surface area contributed by atoms with E-state index in [0.29, 0.717) is 11.0 Å². The van der Waals surface area contributed by atoms with E-state index in [1.807, 2.05) is 12.3 Å². The molecule has 106 valence electrons. The van der Waals surface area contributed by atoms with Crippen molar-refractivity contribution in [3.05, 3.63) is 41.8 Å². The molecule has 2 heterocycles. The number of hydrogen-bond acceptors (Lipinski definition) is 8. The number of carbonyl (C=O) groups is 1. The summed E-state index contributed by atoms with van der Waals surface area (Å²) in [5, 5.41) is 12.3. The van der Waals surface area contributed by atoms with Crippen molar-refractivity contribution in [1.29, 1.82) is 5.26 Å². The molecule has 2 aromatic rings. The smallest absolute Gasteiger partial charge is 0.240 e. The monoisotopic (exact) mass is 301 g/mol. The van der Waals surface area contributed by atoms with Gasteiger partial charge in [0.2, 0.25) is 11.7 Å². The molecule has 0 saturated carbocycles. The number of nitrogens with zero attached hydrogens (tertiary/aromatic N) is 4. The van der Waals surface area contributed by atoms with Crippen LogP contribution in [-0.4, -0.2) is 27.0 Å². The molecule has 0 aromatic carbocycles. The summed E-state index contributed by atoms with van der Waals surface area (Å²) in [7, 11) is 0. The van der Waals surface area contributed by atoms with Crippen molar-refractivity contribution >= 4 is 23.5 Å². The second-order valence-electron chi connectivity index (χ2n) is 3.81. The van der Waals surface area contributed by atoms with Gasteiger partial charge >= 0.3 is 0 Å². The van der Waals surface area contributed by atoms with Gasteiger partial charge in [0.25, 0.3) is 0 Å². The zero-order valence-electron chi connectivity index (χ0n) is 11.3. The summed E-state index contributed by atoms with van der Waals surface area (Å²) in [5.41, 5.74) is -0.103. The lowest BCUT2D eigenvalue weighted by Gasteiger charge is -2.03. The molecular weight excluding hydrogens is 290 g/mol. The standard InChI is InChI=1S/C13H11N5O2S/c1-8-16-12(18-13(17-8)21-2)15-7-9(6-14)11(19)10-4-3-5-20-10/h3-5,7H,1-2H3,(H,15,16,17,18). The Hall–Kier alpha value is -2.66. The average Bonchev–Trinajstić information content (AvgIpc) is 3.01. The molecule has 1 N–H and O–H groups in total. The van der Waals surface area contributed by atoms with Crippen LogP contribution in [0.4, 0.5) is 5.95 Å². The van der Waals surface area contributed by atoms with E-state index in [9.17, 15) is 4.79 Å². The maximum Gasteiger partial charge on any atom is 0.240 e. The molecule has 0 aliphatic carbocycles. The fraction of sp³-hybridized carbons (Fsp3) is 0.154. The first-order valence-corrected chi connectivity index (χ1v) is 7.08. The van der Waals surface area contributed by atoms with Gasteiger partial charge in [0, 0.05) is 6.20 Å². The van der Waals surface area contributed by atoms with Crippen molar-refractivity contribution in [2.24, 2.45) is 0 Å². The summed E-state index contributed by atoms with van der Waals surface area (Å²) in [5.74, 6) is 0.403. The van der Waals surface area contributed by atoms with Crippen LogP contribution in [0.5, 0.6) is 0 Å². The highest BCUT2D eigenvalue weighted by molar-refractivity contribution is 7.98. The third-order valence-corrected chi connectivity index (χ3v) is 2.91. The predicted octanol–water partition coefficient (Wildman–Crippen LogP) is 2.20. The van der Waals surface area contributed by atoms with Crippen LogP contribution in [0.1, 0.15) is 16.4 Å². The zero-order chi connectivity index (χ0) is 15.2. The summed E-state index contributed by atoms with van der Waals surface area (Å²) in [6.45, 7) is 1.73. The maximum absolute atomic E-state index is 12.0. The van der Waals surface area contributed by atoms with Crippen LogP contribution in [0, 0.1) is 18.3 Å². The molecule has 0 atom stereocenters. The molecule has 0 radical (unpaired) electrons. The molecule has 7 nitrogen and oxygen atoms in total. The maximum atomic E-state index is 12.0. The molecule has 0 amide bonds. The fourth-order valence-corrected chi connectivity index (χ4v) is 1.84. The molecular formula is C13H11N5O2S. The molecule has 0 aliphatic rings. The Labute approximate surface area is 125 Å².